The number of carbonyl (C=O) groups excluding carboxylic acids is 1. The maximum absolute atomic E-state index is 12.0. The molecule has 1 aliphatic heterocycles. The summed E-state index contributed by atoms with van der Waals surface area (Å²) in [6.07, 6.45) is 1.68. The van der Waals surface area contributed by atoms with Gasteiger partial charge in [0.1, 0.15) is 0 Å². The van der Waals surface area contributed by atoms with Gasteiger partial charge in [-0.1, -0.05) is 11.6 Å². The van der Waals surface area contributed by atoms with Crippen LogP contribution in [0.5, 0.6) is 0 Å². The lowest BCUT2D eigenvalue weighted by Gasteiger charge is -2.23. The van der Waals surface area contributed by atoms with Gasteiger partial charge in [-0.15, -0.1) is 0 Å². The van der Waals surface area contributed by atoms with E-state index in [1.165, 1.54) is 0 Å². The molecule has 0 aliphatic carbocycles. The molecule has 0 radical (unpaired) electrons. The third-order valence-corrected chi connectivity index (χ3v) is 3.12. The highest BCUT2D eigenvalue weighted by Gasteiger charge is 2.18. The molecule has 0 atom stereocenters. The molecule has 0 bridgehead atoms. The predicted molar refractivity (Wildman–Crippen MR) is 67.2 cm³/mol. The summed E-state index contributed by atoms with van der Waals surface area (Å²) in [4.78, 5) is 12.0. The largest absolute Gasteiger partial charge is 0.399 e. The number of carbonyl (C=O) groups is 1. The number of benzene rings is 1. The van der Waals surface area contributed by atoms with Gasteiger partial charge in [0, 0.05) is 24.9 Å². The van der Waals surface area contributed by atoms with Crippen LogP contribution in [0.3, 0.4) is 0 Å². The highest BCUT2D eigenvalue weighted by atomic mass is 35.5. The number of nitrogen functional groups attached to an aromatic ring is 1. The topological polar surface area (TPSA) is 64.4 Å². The van der Waals surface area contributed by atoms with E-state index in [0.29, 0.717) is 29.5 Å². The van der Waals surface area contributed by atoms with Crippen LogP contribution in [0.1, 0.15) is 23.2 Å². The standard InChI is InChI=1S/C12H15ClN2O2/c13-11-2-1-8(14)7-10(11)12(16)15-9-3-5-17-6-4-9/h1-2,7,9H,3-6,14H2,(H,15,16). The van der Waals surface area contributed by atoms with E-state index in [1.807, 2.05) is 0 Å². The van der Waals surface area contributed by atoms with E-state index in [1.54, 1.807) is 18.2 Å². The Morgan fingerprint density at radius 1 is 1.41 bits per heavy atom. The second kappa shape index (κ2) is 5.38. The molecule has 5 heteroatoms. The zero-order valence-electron chi connectivity index (χ0n) is 9.41. The Hall–Kier alpha value is -1.26. The molecular formula is C12H15ClN2O2. The molecule has 1 aromatic carbocycles. The molecule has 1 aliphatic rings. The average molecular weight is 255 g/mol. The highest BCUT2D eigenvalue weighted by Crippen LogP contribution is 2.19. The van der Waals surface area contributed by atoms with E-state index >= 15 is 0 Å². The fourth-order valence-corrected chi connectivity index (χ4v) is 2.03. The van der Waals surface area contributed by atoms with Crippen LogP contribution in [0.15, 0.2) is 18.2 Å². The Morgan fingerprint density at radius 2 is 2.12 bits per heavy atom. The molecule has 92 valence electrons. The number of nitrogens with one attached hydrogen (secondary N) is 1. The van der Waals surface area contributed by atoms with Gasteiger partial charge in [-0.05, 0) is 31.0 Å². The summed E-state index contributed by atoms with van der Waals surface area (Å²) in [6, 6.07) is 5.06. The van der Waals surface area contributed by atoms with Crippen LogP contribution in [0.25, 0.3) is 0 Å². The lowest BCUT2D eigenvalue weighted by atomic mass is 10.1. The summed E-state index contributed by atoms with van der Waals surface area (Å²) in [5, 5.41) is 3.36. The first kappa shape index (κ1) is 12.2. The molecule has 3 N–H and O–H groups in total. The van der Waals surface area contributed by atoms with E-state index in [2.05, 4.69) is 5.32 Å². The van der Waals surface area contributed by atoms with Crippen molar-refractivity contribution in [2.45, 2.75) is 18.9 Å². The van der Waals surface area contributed by atoms with Crippen LogP contribution in [0.2, 0.25) is 5.02 Å². The number of amides is 1. The Kier molecular flexibility index (Phi) is 3.86. The van der Waals surface area contributed by atoms with E-state index in [9.17, 15) is 4.79 Å². The van der Waals surface area contributed by atoms with Crippen molar-refractivity contribution >= 4 is 23.2 Å². The van der Waals surface area contributed by atoms with E-state index in [0.717, 1.165) is 12.8 Å². The second-order valence-electron chi connectivity index (χ2n) is 4.10. The molecule has 0 saturated carbocycles. The van der Waals surface area contributed by atoms with Crippen molar-refractivity contribution in [2.24, 2.45) is 0 Å². The molecule has 1 fully saturated rings. The van der Waals surface area contributed by atoms with Crippen LogP contribution in [-0.2, 0) is 4.74 Å². The quantitative estimate of drug-likeness (QED) is 0.792. The van der Waals surface area contributed by atoms with Crippen molar-refractivity contribution in [1.82, 2.24) is 5.32 Å². The molecule has 1 amide bonds. The van der Waals surface area contributed by atoms with E-state index in [-0.39, 0.29) is 11.9 Å². The molecule has 0 aromatic heterocycles. The SMILES string of the molecule is Nc1ccc(Cl)c(C(=O)NC2CCOCC2)c1. The summed E-state index contributed by atoms with van der Waals surface area (Å²) in [5.41, 5.74) is 6.60. The summed E-state index contributed by atoms with van der Waals surface area (Å²) >= 11 is 5.97. The van der Waals surface area contributed by atoms with Crippen molar-refractivity contribution in [3.63, 3.8) is 0 Å². The monoisotopic (exact) mass is 254 g/mol. The number of halogens is 1. The van der Waals surface area contributed by atoms with Crippen LogP contribution >= 0.6 is 11.6 Å². The van der Waals surface area contributed by atoms with Gasteiger partial charge in [0.15, 0.2) is 0 Å². The number of anilines is 1. The maximum Gasteiger partial charge on any atom is 0.253 e. The van der Waals surface area contributed by atoms with Crippen LogP contribution in [0.4, 0.5) is 5.69 Å². The maximum atomic E-state index is 12.0. The lowest BCUT2D eigenvalue weighted by molar-refractivity contribution is 0.0696. The molecule has 17 heavy (non-hydrogen) atoms. The van der Waals surface area contributed by atoms with Crippen molar-refractivity contribution in [3.8, 4) is 0 Å². The predicted octanol–water partition coefficient (Wildman–Crippen LogP) is 1.83. The van der Waals surface area contributed by atoms with E-state index in [4.69, 9.17) is 22.1 Å². The van der Waals surface area contributed by atoms with E-state index < -0.39 is 0 Å². The molecular weight excluding hydrogens is 240 g/mol. The van der Waals surface area contributed by atoms with Gasteiger partial charge in [-0.25, -0.2) is 0 Å². The first-order valence-corrected chi connectivity index (χ1v) is 5.98. The smallest absolute Gasteiger partial charge is 0.253 e. The number of rotatable bonds is 2. The summed E-state index contributed by atoms with van der Waals surface area (Å²) in [5.74, 6) is -0.172. The van der Waals surface area contributed by atoms with Gasteiger partial charge >= 0.3 is 0 Å². The molecule has 1 heterocycles. The van der Waals surface area contributed by atoms with Crippen LogP contribution < -0.4 is 11.1 Å². The zero-order chi connectivity index (χ0) is 12.3. The normalized spacial score (nSPS) is 16.8. The number of hydrogen-bond donors (Lipinski definition) is 2. The molecule has 0 unspecified atom stereocenters. The molecule has 2 rings (SSSR count). The van der Waals surface area contributed by atoms with Crippen molar-refractivity contribution < 1.29 is 9.53 Å². The first-order chi connectivity index (χ1) is 8.16. The van der Waals surface area contributed by atoms with Crippen molar-refractivity contribution in [2.75, 3.05) is 18.9 Å². The Balaban J connectivity index is 2.05. The fraction of sp³-hybridized carbons (Fsp3) is 0.417. The van der Waals surface area contributed by atoms with Gasteiger partial charge in [0.05, 0.1) is 10.6 Å². The van der Waals surface area contributed by atoms with Gasteiger partial charge < -0.3 is 15.8 Å². The van der Waals surface area contributed by atoms with Crippen LogP contribution in [-0.4, -0.2) is 25.2 Å². The minimum absolute atomic E-state index is 0.161. The Labute approximate surface area is 105 Å². The summed E-state index contributed by atoms with van der Waals surface area (Å²) in [6.45, 7) is 1.38. The number of nitrogens with two attached hydrogens (primary N) is 1. The second-order valence-corrected chi connectivity index (χ2v) is 4.51. The Morgan fingerprint density at radius 3 is 2.82 bits per heavy atom. The van der Waals surface area contributed by atoms with Gasteiger partial charge in [-0.3, -0.25) is 4.79 Å². The van der Waals surface area contributed by atoms with Crippen molar-refractivity contribution in [3.05, 3.63) is 28.8 Å². The zero-order valence-corrected chi connectivity index (χ0v) is 10.2. The lowest BCUT2D eigenvalue weighted by Crippen LogP contribution is -2.39. The highest BCUT2D eigenvalue weighted by molar-refractivity contribution is 6.34. The average Bonchev–Trinajstić information content (AvgIpc) is 2.33. The third-order valence-electron chi connectivity index (χ3n) is 2.79. The molecule has 1 saturated heterocycles. The fourth-order valence-electron chi connectivity index (χ4n) is 1.82. The molecule has 4 nitrogen and oxygen atoms in total. The number of hydrogen-bond acceptors (Lipinski definition) is 3. The first-order valence-electron chi connectivity index (χ1n) is 5.60. The Bertz CT molecular complexity index is 417. The number of ether oxygens (including phenoxy) is 1. The minimum Gasteiger partial charge on any atom is -0.399 e. The minimum atomic E-state index is -0.172. The van der Waals surface area contributed by atoms with Crippen molar-refractivity contribution in [1.29, 1.82) is 0 Å². The molecule has 1 aromatic rings. The third kappa shape index (κ3) is 3.11. The van der Waals surface area contributed by atoms with Gasteiger partial charge in [0.2, 0.25) is 0 Å². The van der Waals surface area contributed by atoms with Crippen LogP contribution in [0, 0.1) is 0 Å². The molecule has 0 spiro atoms. The van der Waals surface area contributed by atoms with Gasteiger partial charge in [-0.2, -0.15) is 0 Å². The van der Waals surface area contributed by atoms with Gasteiger partial charge in [0.25, 0.3) is 5.91 Å². The summed E-state index contributed by atoms with van der Waals surface area (Å²) in [7, 11) is 0. The summed E-state index contributed by atoms with van der Waals surface area (Å²) < 4.78 is 5.23.